The minimum Gasteiger partial charge on any atom is -0.466 e. The summed E-state index contributed by atoms with van der Waals surface area (Å²) in [6.45, 7) is 4.51. The van der Waals surface area contributed by atoms with Crippen LogP contribution < -0.4 is 4.90 Å². The van der Waals surface area contributed by atoms with Crippen LogP contribution in [0.1, 0.15) is 46.9 Å². The molecule has 3 heterocycles. The van der Waals surface area contributed by atoms with Crippen molar-refractivity contribution in [2.24, 2.45) is 5.92 Å². The number of anilines is 1. The van der Waals surface area contributed by atoms with Crippen LogP contribution in [0.3, 0.4) is 0 Å². The Hall–Kier alpha value is -4.25. The molecule has 1 amide bonds. The van der Waals surface area contributed by atoms with Crippen molar-refractivity contribution in [2.45, 2.75) is 32.7 Å². The lowest BCUT2D eigenvalue weighted by molar-refractivity contribution is -0.148. The molecule has 37 heavy (non-hydrogen) atoms. The zero-order valence-corrected chi connectivity index (χ0v) is 20.9. The van der Waals surface area contributed by atoms with E-state index in [1.807, 2.05) is 37.3 Å². The Morgan fingerprint density at radius 1 is 1.05 bits per heavy atom. The first kappa shape index (κ1) is 24.4. The molecule has 1 fully saturated rings. The first-order valence-electron chi connectivity index (χ1n) is 12.7. The maximum Gasteiger partial charge on any atom is 0.309 e. The van der Waals surface area contributed by atoms with E-state index in [1.54, 1.807) is 29.2 Å². The third kappa shape index (κ3) is 5.17. The van der Waals surface area contributed by atoms with Gasteiger partial charge in [-0.1, -0.05) is 36.4 Å². The van der Waals surface area contributed by atoms with Gasteiger partial charge in [0.25, 0.3) is 5.91 Å². The fraction of sp³-hybridized carbons (Fsp3) is 0.345. The Labute approximate surface area is 216 Å². The molecule has 0 spiro atoms. The van der Waals surface area contributed by atoms with Crippen molar-refractivity contribution in [3.63, 3.8) is 0 Å². The van der Waals surface area contributed by atoms with Gasteiger partial charge in [0.05, 0.1) is 36.4 Å². The average Bonchev–Trinajstić information content (AvgIpc) is 2.96. The van der Waals surface area contributed by atoms with E-state index in [9.17, 15) is 14.9 Å². The fourth-order valence-electron chi connectivity index (χ4n) is 5.04. The number of benzene rings is 2. The van der Waals surface area contributed by atoms with Crippen molar-refractivity contribution in [1.29, 1.82) is 5.26 Å². The highest BCUT2D eigenvalue weighted by molar-refractivity contribution is 5.94. The molecule has 8 nitrogen and oxygen atoms in total. The van der Waals surface area contributed by atoms with Crippen LogP contribution in [-0.4, -0.2) is 53.0 Å². The maximum atomic E-state index is 13.3. The highest BCUT2D eigenvalue weighted by Gasteiger charge is 2.32. The molecule has 0 unspecified atom stereocenters. The van der Waals surface area contributed by atoms with Gasteiger partial charge in [0.15, 0.2) is 5.82 Å². The molecule has 1 saturated heterocycles. The number of nitrogens with zero attached hydrogens (tertiary/aromatic N) is 5. The predicted octanol–water partition coefficient (Wildman–Crippen LogP) is 3.99. The highest BCUT2D eigenvalue weighted by Crippen LogP contribution is 2.33. The molecule has 0 bridgehead atoms. The number of carbonyl (C=O) groups excluding carboxylic acids is 2. The van der Waals surface area contributed by atoms with Crippen molar-refractivity contribution in [3.8, 4) is 17.5 Å². The standard InChI is InChI=1S/C29H29N5O3/c1-2-37-29(36)22-11-14-33(15-12-22)27-24-19-34(28(35)23-10-6-7-20(17-23)18-30)16-13-25(24)31-26(32-27)21-8-4-3-5-9-21/h3-10,17,22H,2,11-16,19H2,1H3. The van der Waals surface area contributed by atoms with E-state index in [0.29, 0.717) is 69.0 Å². The molecule has 0 aliphatic carbocycles. The molecule has 3 aromatic rings. The Balaban J connectivity index is 1.46. The van der Waals surface area contributed by atoms with Crippen molar-refractivity contribution >= 4 is 17.7 Å². The van der Waals surface area contributed by atoms with Gasteiger partial charge in [-0.2, -0.15) is 5.26 Å². The maximum absolute atomic E-state index is 13.3. The van der Waals surface area contributed by atoms with E-state index in [0.717, 1.165) is 22.6 Å². The zero-order valence-electron chi connectivity index (χ0n) is 20.9. The molecule has 0 saturated carbocycles. The number of piperidine rings is 1. The summed E-state index contributed by atoms with van der Waals surface area (Å²) in [5.74, 6) is 1.15. The van der Waals surface area contributed by atoms with Crippen molar-refractivity contribution in [1.82, 2.24) is 14.9 Å². The van der Waals surface area contributed by atoms with Gasteiger partial charge in [-0.05, 0) is 38.0 Å². The first-order valence-corrected chi connectivity index (χ1v) is 12.7. The lowest BCUT2D eigenvalue weighted by Gasteiger charge is -2.36. The molecule has 8 heteroatoms. The van der Waals surface area contributed by atoms with Crippen LogP contribution in [0.5, 0.6) is 0 Å². The molecule has 2 aliphatic rings. The van der Waals surface area contributed by atoms with E-state index in [2.05, 4.69) is 11.0 Å². The van der Waals surface area contributed by atoms with Crippen LogP contribution in [0.25, 0.3) is 11.4 Å². The largest absolute Gasteiger partial charge is 0.466 e. The molecule has 0 atom stereocenters. The number of rotatable bonds is 5. The number of aromatic nitrogens is 2. The number of nitriles is 1. The monoisotopic (exact) mass is 495 g/mol. The van der Waals surface area contributed by atoms with Gasteiger partial charge < -0.3 is 14.5 Å². The van der Waals surface area contributed by atoms with Gasteiger partial charge >= 0.3 is 5.97 Å². The van der Waals surface area contributed by atoms with Gasteiger partial charge in [0.2, 0.25) is 0 Å². The van der Waals surface area contributed by atoms with Crippen molar-refractivity contribution in [2.75, 3.05) is 31.1 Å². The lowest BCUT2D eigenvalue weighted by atomic mass is 9.96. The second kappa shape index (κ2) is 10.8. The van der Waals surface area contributed by atoms with E-state index in [4.69, 9.17) is 14.7 Å². The quantitative estimate of drug-likeness (QED) is 0.494. The summed E-state index contributed by atoms with van der Waals surface area (Å²) in [6, 6.07) is 18.8. The summed E-state index contributed by atoms with van der Waals surface area (Å²) in [4.78, 5) is 39.5. The molecule has 0 N–H and O–H groups in total. The van der Waals surface area contributed by atoms with Crippen molar-refractivity contribution in [3.05, 3.63) is 77.0 Å². The highest BCUT2D eigenvalue weighted by atomic mass is 16.5. The number of hydrogen-bond donors (Lipinski definition) is 0. The van der Waals surface area contributed by atoms with E-state index in [-0.39, 0.29) is 17.8 Å². The van der Waals surface area contributed by atoms with E-state index in [1.165, 1.54) is 0 Å². The van der Waals surface area contributed by atoms with Gasteiger partial charge in [-0.3, -0.25) is 9.59 Å². The summed E-state index contributed by atoms with van der Waals surface area (Å²) in [7, 11) is 0. The number of fused-ring (bicyclic) bond motifs is 1. The third-order valence-corrected chi connectivity index (χ3v) is 7.01. The predicted molar refractivity (Wildman–Crippen MR) is 139 cm³/mol. The summed E-state index contributed by atoms with van der Waals surface area (Å²) in [5, 5.41) is 9.24. The van der Waals surface area contributed by atoms with E-state index >= 15 is 0 Å². The first-order chi connectivity index (χ1) is 18.1. The minimum absolute atomic E-state index is 0.104. The van der Waals surface area contributed by atoms with Crippen LogP contribution in [0.2, 0.25) is 0 Å². The zero-order chi connectivity index (χ0) is 25.8. The summed E-state index contributed by atoms with van der Waals surface area (Å²) in [5.41, 5.74) is 3.81. The lowest BCUT2D eigenvalue weighted by Crippen LogP contribution is -2.41. The molecular formula is C29H29N5O3. The molecule has 2 aromatic carbocycles. The molecular weight excluding hydrogens is 466 g/mol. The normalized spacial score (nSPS) is 15.6. The average molecular weight is 496 g/mol. The summed E-state index contributed by atoms with van der Waals surface area (Å²) >= 11 is 0. The van der Waals surface area contributed by atoms with Crippen molar-refractivity contribution < 1.29 is 14.3 Å². The van der Waals surface area contributed by atoms with Crippen LogP contribution >= 0.6 is 0 Å². The molecule has 188 valence electrons. The topological polar surface area (TPSA) is 99.4 Å². The van der Waals surface area contributed by atoms with Gasteiger partial charge in [-0.25, -0.2) is 9.97 Å². The molecule has 0 radical (unpaired) electrons. The fourth-order valence-corrected chi connectivity index (χ4v) is 5.04. The van der Waals surface area contributed by atoms with Crippen LogP contribution in [0.4, 0.5) is 5.82 Å². The summed E-state index contributed by atoms with van der Waals surface area (Å²) in [6.07, 6.45) is 2.01. The second-order valence-corrected chi connectivity index (χ2v) is 9.34. The minimum atomic E-state index is -0.131. The number of ether oxygens (including phenoxy) is 1. The number of hydrogen-bond acceptors (Lipinski definition) is 7. The third-order valence-electron chi connectivity index (χ3n) is 7.01. The molecule has 5 rings (SSSR count). The Kier molecular flexibility index (Phi) is 7.13. The number of amides is 1. The number of carbonyl (C=O) groups is 2. The second-order valence-electron chi connectivity index (χ2n) is 9.34. The Morgan fingerprint density at radius 2 is 1.84 bits per heavy atom. The van der Waals surface area contributed by atoms with E-state index < -0.39 is 0 Å². The Morgan fingerprint density at radius 3 is 2.57 bits per heavy atom. The number of esters is 1. The summed E-state index contributed by atoms with van der Waals surface area (Å²) < 4.78 is 5.24. The molecule has 2 aliphatic heterocycles. The van der Waals surface area contributed by atoms with Crippen LogP contribution in [0.15, 0.2) is 54.6 Å². The smallest absolute Gasteiger partial charge is 0.309 e. The van der Waals surface area contributed by atoms with Gasteiger partial charge in [-0.15, -0.1) is 0 Å². The SMILES string of the molecule is CCOC(=O)C1CCN(c2nc(-c3ccccc3)nc3c2CN(C(=O)c2cccc(C#N)c2)CC3)CC1. The molecule has 1 aromatic heterocycles. The van der Waals surface area contributed by atoms with Crippen LogP contribution in [0, 0.1) is 17.2 Å². The Bertz CT molecular complexity index is 1340. The van der Waals surface area contributed by atoms with Crippen LogP contribution in [-0.2, 0) is 22.5 Å². The van der Waals surface area contributed by atoms with Gasteiger partial charge in [0.1, 0.15) is 5.82 Å². The van der Waals surface area contributed by atoms with Gasteiger partial charge in [0, 0.05) is 42.7 Å².